The number of benzene rings is 2. The molecule has 0 saturated carbocycles. The van der Waals surface area contributed by atoms with Crippen molar-refractivity contribution in [3.8, 4) is 0 Å². The van der Waals surface area contributed by atoms with E-state index in [1.807, 2.05) is 12.1 Å². The highest BCUT2D eigenvalue weighted by Gasteiger charge is 2.26. The maximum atomic E-state index is 14.7. The van der Waals surface area contributed by atoms with Crippen LogP contribution in [-0.2, 0) is 16.0 Å². The maximum Gasteiger partial charge on any atom is 0.272 e. The van der Waals surface area contributed by atoms with E-state index in [4.69, 9.17) is 0 Å². The standard InChI is InChI=1S/C30H37FN6O4/c31-26-11-10-22(19-27-23-8-4-5-9-24(23)29(40)35-34-27)18-25(26)30(41)37-16-14-36(15-17-37)28(39)20-32-12-6-2-1-3-7-13-33-21-38/h4-5,8-11,18,21,32H,1-3,6-7,12-17,19-20H2,(H,33,38)(H,35,40). The lowest BCUT2D eigenvalue weighted by atomic mass is 10.0. The Balaban J connectivity index is 1.24. The smallest absolute Gasteiger partial charge is 0.272 e. The van der Waals surface area contributed by atoms with Gasteiger partial charge in [0, 0.05) is 44.5 Å². The minimum absolute atomic E-state index is 0.00848. The minimum atomic E-state index is -0.599. The van der Waals surface area contributed by atoms with Gasteiger partial charge in [-0.05, 0) is 43.1 Å². The van der Waals surface area contributed by atoms with Crippen LogP contribution >= 0.6 is 0 Å². The minimum Gasteiger partial charge on any atom is -0.359 e. The van der Waals surface area contributed by atoms with Crippen LogP contribution in [0.3, 0.4) is 0 Å². The van der Waals surface area contributed by atoms with E-state index < -0.39 is 11.7 Å². The molecule has 2 heterocycles. The molecule has 3 N–H and O–H groups in total. The molecule has 0 atom stereocenters. The van der Waals surface area contributed by atoms with Crippen LogP contribution in [0.1, 0.15) is 53.7 Å². The van der Waals surface area contributed by atoms with Crippen molar-refractivity contribution in [1.29, 1.82) is 0 Å². The van der Waals surface area contributed by atoms with E-state index in [1.165, 1.54) is 6.07 Å². The molecule has 0 radical (unpaired) electrons. The number of hydrogen-bond acceptors (Lipinski definition) is 6. The lowest BCUT2D eigenvalue weighted by Gasteiger charge is -2.35. The van der Waals surface area contributed by atoms with E-state index in [0.717, 1.165) is 45.1 Å². The van der Waals surface area contributed by atoms with Crippen LogP contribution in [0.5, 0.6) is 0 Å². The first-order chi connectivity index (χ1) is 20.0. The molecule has 0 unspecified atom stereocenters. The fourth-order valence-corrected chi connectivity index (χ4v) is 5.05. The molecule has 41 heavy (non-hydrogen) atoms. The van der Waals surface area contributed by atoms with Crippen LogP contribution in [0.25, 0.3) is 10.8 Å². The zero-order chi connectivity index (χ0) is 29.0. The number of unbranched alkanes of at least 4 members (excludes halogenated alkanes) is 4. The number of rotatable bonds is 14. The number of piperazine rings is 1. The second-order valence-corrected chi connectivity index (χ2v) is 10.2. The molecule has 3 aromatic rings. The van der Waals surface area contributed by atoms with Crippen LogP contribution in [0.15, 0.2) is 47.3 Å². The number of nitrogens with one attached hydrogen (secondary N) is 3. The quantitative estimate of drug-likeness (QED) is 0.204. The zero-order valence-electron chi connectivity index (χ0n) is 23.2. The molecule has 0 bridgehead atoms. The van der Waals surface area contributed by atoms with Gasteiger partial charge in [-0.15, -0.1) is 0 Å². The number of H-pyrrole nitrogens is 1. The summed E-state index contributed by atoms with van der Waals surface area (Å²) in [7, 11) is 0. The second-order valence-electron chi connectivity index (χ2n) is 10.2. The van der Waals surface area contributed by atoms with E-state index >= 15 is 0 Å². The SMILES string of the molecule is O=CNCCCCCCCNCC(=O)N1CCN(C(=O)c2cc(Cc3n[nH]c(=O)c4ccccc34)ccc2F)CC1. The van der Waals surface area contributed by atoms with E-state index in [1.54, 1.807) is 34.1 Å². The molecule has 1 aromatic heterocycles. The summed E-state index contributed by atoms with van der Waals surface area (Å²) in [6.07, 6.45) is 6.23. The zero-order valence-corrected chi connectivity index (χ0v) is 23.2. The van der Waals surface area contributed by atoms with Gasteiger partial charge in [0.2, 0.25) is 12.3 Å². The topological polar surface area (TPSA) is 128 Å². The molecule has 1 saturated heterocycles. The third-order valence-electron chi connectivity index (χ3n) is 7.36. The van der Waals surface area contributed by atoms with Gasteiger partial charge in [0.15, 0.2) is 0 Å². The first kappa shape index (κ1) is 29.9. The summed E-state index contributed by atoms with van der Waals surface area (Å²) in [4.78, 5) is 51.4. The summed E-state index contributed by atoms with van der Waals surface area (Å²) < 4.78 is 14.7. The monoisotopic (exact) mass is 564 g/mol. The number of carbonyl (C=O) groups excluding carboxylic acids is 3. The molecule has 218 valence electrons. The third kappa shape index (κ3) is 8.20. The Labute approximate surface area is 238 Å². The number of fused-ring (bicyclic) bond motifs is 1. The summed E-state index contributed by atoms with van der Waals surface area (Å²) >= 11 is 0. The molecule has 10 nitrogen and oxygen atoms in total. The molecular formula is C30H37FN6O4. The Kier molecular flexibility index (Phi) is 10.9. The Bertz CT molecular complexity index is 1400. The van der Waals surface area contributed by atoms with Gasteiger partial charge >= 0.3 is 0 Å². The van der Waals surface area contributed by atoms with Crippen LogP contribution < -0.4 is 16.2 Å². The predicted octanol–water partition coefficient (Wildman–Crippen LogP) is 2.22. The van der Waals surface area contributed by atoms with Gasteiger partial charge in [-0.3, -0.25) is 19.2 Å². The molecule has 11 heteroatoms. The average molecular weight is 565 g/mol. The normalized spacial score (nSPS) is 13.4. The highest BCUT2D eigenvalue weighted by Crippen LogP contribution is 2.20. The summed E-state index contributed by atoms with van der Waals surface area (Å²) in [6, 6.07) is 11.6. The van der Waals surface area contributed by atoms with Crippen molar-refractivity contribution in [2.45, 2.75) is 38.5 Å². The van der Waals surface area contributed by atoms with Gasteiger partial charge in [-0.25, -0.2) is 9.49 Å². The lowest BCUT2D eigenvalue weighted by molar-refractivity contribution is -0.131. The van der Waals surface area contributed by atoms with Gasteiger partial charge < -0.3 is 20.4 Å². The number of aromatic amines is 1. The molecule has 1 aliphatic rings. The van der Waals surface area contributed by atoms with Gasteiger partial charge in [0.1, 0.15) is 5.82 Å². The third-order valence-corrected chi connectivity index (χ3v) is 7.36. The summed E-state index contributed by atoms with van der Waals surface area (Å²) in [5.74, 6) is -1.01. The maximum absolute atomic E-state index is 14.7. The van der Waals surface area contributed by atoms with Gasteiger partial charge in [-0.1, -0.05) is 43.5 Å². The van der Waals surface area contributed by atoms with Crippen molar-refractivity contribution in [3.05, 3.63) is 75.5 Å². The molecule has 3 amide bonds. The predicted molar refractivity (Wildman–Crippen MR) is 154 cm³/mol. The number of amides is 3. The average Bonchev–Trinajstić information content (AvgIpc) is 3.00. The van der Waals surface area contributed by atoms with Crippen molar-refractivity contribution in [1.82, 2.24) is 30.6 Å². The molecule has 1 aliphatic heterocycles. The summed E-state index contributed by atoms with van der Waals surface area (Å²) in [5.41, 5.74) is 1.04. The molecule has 0 spiro atoms. The number of aromatic nitrogens is 2. The first-order valence-corrected chi connectivity index (χ1v) is 14.2. The van der Waals surface area contributed by atoms with Crippen LogP contribution in [0.2, 0.25) is 0 Å². The van der Waals surface area contributed by atoms with Crippen molar-refractivity contribution in [3.63, 3.8) is 0 Å². The first-order valence-electron chi connectivity index (χ1n) is 14.2. The van der Waals surface area contributed by atoms with Crippen LogP contribution in [-0.4, -0.2) is 84.0 Å². The van der Waals surface area contributed by atoms with Gasteiger partial charge in [0.25, 0.3) is 11.5 Å². The van der Waals surface area contributed by atoms with Gasteiger partial charge in [-0.2, -0.15) is 5.10 Å². The number of hydrogen-bond donors (Lipinski definition) is 3. The van der Waals surface area contributed by atoms with Crippen molar-refractivity contribution in [2.75, 3.05) is 45.8 Å². The fourth-order valence-electron chi connectivity index (χ4n) is 5.05. The van der Waals surface area contributed by atoms with Gasteiger partial charge in [0.05, 0.1) is 23.2 Å². The van der Waals surface area contributed by atoms with Crippen molar-refractivity contribution >= 4 is 29.0 Å². The Morgan fingerprint density at radius 2 is 1.61 bits per heavy atom. The van der Waals surface area contributed by atoms with E-state index in [2.05, 4.69) is 20.8 Å². The Morgan fingerprint density at radius 3 is 2.37 bits per heavy atom. The number of halogens is 1. The lowest BCUT2D eigenvalue weighted by Crippen LogP contribution is -2.52. The van der Waals surface area contributed by atoms with Crippen molar-refractivity contribution in [2.24, 2.45) is 0 Å². The highest BCUT2D eigenvalue weighted by molar-refractivity contribution is 5.95. The molecular weight excluding hydrogens is 527 g/mol. The second kappa shape index (κ2) is 15.0. The van der Waals surface area contributed by atoms with Crippen LogP contribution in [0, 0.1) is 5.82 Å². The number of nitrogens with zero attached hydrogens (tertiary/aromatic N) is 3. The van der Waals surface area contributed by atoms with E-state index in [-0.39, 0.29) is 23.6 Å². The van der Waals surface area contributed by atoms with E-state index in [9.17, 15) is 23.6 Å². The fraction of sp³-hybridized carbons (Fsp3) is 0.433. The number of carbonyl (C=O) groups is 3. The largest absolute Gasteiger partial charge is 0.359 e. The molecule has 4 rings (SSSR count). The van der Waals surface area contributed by atoms with Crippen molar-refractivity contribution < 1.29 is 18.8 Å². The Morgan fingerprint density at radius 1 is 0.927 bits per heavy atom. The van der Waals surface area contributed by atoms with E-state index in [0.29, 0.717) is 61.2 Å². The Hall–Kier alpha value is -4.12. The summed E-state index contributed by atoms with van der Waals surface area (Å²) in [6.45, 7) is 3.19. The molecule has 0 aliphatic carbocycles. The van der Waals surface area contributed by atoms with Crippen LogP contribution in [0.4, 0.5) is 4.39 Å². The highest BCUT2D eigenvalue weighted by atomic mass is 19.1. The summed E-state index contributed by atoms with van der Waals surface area (Å²) in [5, 5.41) is 13.8. The molecule has 1 fully saturated rings. The molecule has 2 aromatic carbocycles.